The number of nitrogens with zero attached hydrogens (tertiary/aromatic N) is 1. The van der Waals surface area contributed by atoms with Gasteiger partial charge in [-0.15, -0.1) is 0 Å². The van der Waals surface area contributed by atoms with Crippen molar-refractivity contribution in [1.29, 1.82) is 5.26 Å². The third kappa shape index (κ3) is 4.65. The molecule has 24 heavy (non-hydrogen) atoms. The number of carbonyl (C=O) groups excluding carboxylic acids is 1. The second kappa shape index (κ2) is 8.07. The summed E-state index contributed by atoms with van der Waals surface area (Å²) >= 11 is 17.9. The predicted octanol–water partition coefficient (Wildman–Crippen LogP) is 5.41. The molecule has 2 aromatic rings. The fraction of sp³-hybridized carbons (Fsp3) is 0.0588. The highest BCUT2D eigenvalue weighted by Crippen LogP contribution is 2.25. The number of amides is 1. The van der Waals surface area contributed by atoms with Gasteiger partial charge in [0.1, 0.15) is 11.6 Å². The van der Waals surface area contributed by atoms with Crippen LogP contribution in [0.15, 0.2) is 48.2 Å². The fourth-order valence-electron chi connectivity index (χ4n) is 1.78. The normalized spacial score (nSPS) is 10.9. The number of hydrogen-bond acceptors (Lipinski definition) is 3. The predicted molar refractivity (Wildman–Crippen MR) is 98.6 cm³/mol. The average Bonchev–Trinajstić information content (AvgIpc) is 2.54. The van der Waals surface area contributed by atoms with Gasteiger partial charge in [-0.1, -0.05) is 40.9 Å². The van der Waals surface area contributed by atoms with E-state index in [2.05, 4.69) is 10.6 Å². The van der Waals surface area contributed by atoms with Crippen molar-refractivity contribution < 1.29 is 4.79 Å². The minimum atomic E-state index is -0.567. The molecule has 4 nitrogen and oxygen atoms in total. The zero-order valence-corrected chi connectivity index (χ0v) is 14.8. The smallest absolute Gasteiger partial charge is 0.267 e. The Morgan fingerprint density at radius 1 is 1.12 bits per heavy atom. The Balaban J connectivity index is 2.15. The summed E-state index contributed by atoms with van der Waals surface area (Å²) in [6.07, 6.45) is 1.27. The molecular weight excluding hydrogens is 369 g/mol. The van der Waals surface area contributed by atoms with Gasteiger partial charge in [0.2, 0.25) is 0 Å². The monoisotopic (exact) mass is 379 g/mol. The molecule has 1 amide bonds. The number of benzene rings is 2. The average molecular weight is 381 g/mol. The lowest BCUT2D eigenvalue weighted by Gasteiger charge is -2.07. The molecule has 0 spiro atoms. The third-order valence-electron chi connectivity index (χ3n) is 3.10. The first kappa shape index (κ1) is 18.2. The van der Waals surface area contributed by atoms with Gasteiger partial charge in [0.15, 0.2) is 0 Å². The Morgan fingerprint density at radius 3 is 2.54 bits per heavy atom. The molecule has 0 aliphatic rings. The van der Waals surface area contributed by atoms with E-state index in [4.69, 9.17) is 34.8 Å². The molecule has 2 rings (SSSR count). The van der Waals surface area contributed by atoms with Gasteiger partial charge in [-0.25, -0.2) is 0 Å². The van der Waals surface area contributed by atoms with Crippen molar-refractivity contribution in [1.82, 2.24) is 0 Å². The number of anilines is 2. The van der Waals surface area contributed by atoms with Crippen LogP contribution >= 0.6 is 34.8 Å². The molecule has 122 valence electrons. The van der Waals surface area contributed by atoms with Crippen molar-refractivity contribution in [3.8, 4) is 6.07 Å². The summed E-state index contributed by atoms with van der Waals surface area (Å²) < 4.78 is 0. The molecule has 2 aromatic carbocycles. The van der Waals surface area contributed by atoms with Crippen LogP contribution in [0.25, 0.3) is 0 Å². The van der Waals surface area contributed by atoms with E-state index in [1.54, 1.807) is 36.4 Å². The summed E-state index contributed by atoms with van der Waals surface area (Å²) in [5.74, 6) is -0.567. The van der Waals surface area contributed by atoms with Crippen LogP contribution < -0.4 is 10.6 Å². The number of carbonyl (C=O) groups is 1. The molecule has 0 radical (unpaired) electrons. The van der Waals surface area contributed by atoms with Crippen LogP contribution in [0, 0.1) is 18.3 Å². The summed E-state index contributed by atoms with van der Waals surface area (Å²) in [6.45, 7) is 1.85. The molecule has 0 saturated carbocycles. The van der Waals surface area contributed by atoms with Crippen molar-refractivity contribution in [2.75, 3.05) is 10.6 Å². The van der Waals surface area contributed by atoms with Crippen molar-refractivity contribution >= 4 is 52.1 Å². The Bertz CT molecular complexity index is 857. The number of rotatable bonds is 4. The SMILES string of the molecule is Cc1ccc(NC(=O)/C(C#N)=C\Nc2cc(Cl)ccc2Cl)cc1Cl. The first-order valence-corrected chi connectivity index (χ1v) is 7.93. The molecule has 7 heteroatoms. The van der Waals surface area contributed by atoms with Crippen molar-refractivity contribution in [2.45, 2.75) is 6.92 Å². The van der Waals surface area contributed by atoms with Crippen LogP contribution in [0.1, 0.15) is 5.56 Å². The van der Waals surface area contributed by atoms with Crippen LogP contribution in [0.5, 0.6) is 0 Å². The standard InChI is InChI=1S/C17H12Cl3N3O/c1-10-2-4-13(7-15(10)20)23-17(24)11(8-21)9-22-16-6-12(18)3-5-14(16)19/h2-7,9,22H,1H3,(H,23,24)/b11-9-. The quantitative estimate of drug-likeness (QED) is 0.550. The zero-order valence-electron chi connectivity index (χ0n) is 12.5. The van der Waals surface area contributed by atoms with Crippen LogP contribution in [-0.4, -0.2) is 5.91 Å². The zero-order chi connectivity index (χ0) is 17.7. The number of nitriles is 1. The van der Waals surface area contributed by atoms with Crippen molar-refractivity contribution in [2.24, 2.45) is 0 Å². The number of aryl methyl sites for hydroxylation is 1. The van der Waals surface area contributed by atoms with Crippen molar-refractivity contribution in [3.05, 3.63) is 68.8 Å². The van der Waals surface area contributed by atoms with E-state index in [9.17, 15) is 10.1 Å². The van der Waals surface area contributed by atoms with Crippen LogP contribution in [-0.2, 0) is 4.79 Å². The molecule has 0 aliphatic heterocycles. The molecular formula is C17H12Cl3N3O. The molecule has 0 aromatic heterocycles. The van der Waals surface area contributed by atoms with Gasteiger partial charge >= 0.3 is 0 Å². The Kier molecular flexibility index (Phi) is 6.10. The maximum atomic E-state index is 12.2. The van der Waals surface area contributed by atoms with Gasteiger partial charge in [-0.05, 0) is 42.8 Å². The third-order valence-corrected chi connectivity index (χ3v) is 4.07. The van der Waals surface area contributed by atoms with E-state index in [0.717, 1.165) is 5.56 Å². The largest absolute Gasteiger partial charge is 0.359 e. The Hall–Kier alpha value is -2.19. The second-order valence-corrected chi connectivity index (χ2v) is 6.11. The van der Waals surface area contributed by atoms with Gasteiger partial charge in [0.05, 0.1) is 10.7 Å². The first-order chi connectivity index (χ1) is 11.4. The summed E-state index contributed by atoms with van der Waals surface area (Å²) in [6, 6.07) is 11.8. The lowest BCUT2D eigenvalue weighted by atomic mass is 10.2. The van der Waals surface area contributed by atoms with Crippen LogP contribution in [0.2, 0.25) is 15.1 Å². The Morgan fingerprint density at radius 2 is 1.88 bits per heavy atom. The number of hydrogen-bond donors (Lipinski definition) is 2. The van der Waals surface area contributed by atoms with E-state index >= 15 is 0 Å². The van der Waals surface area contributed by atoms with Gasteiger partial charge in [0, 0.05) is 21.9 Å². The summed E-state index contributed by atoms with van der Waals surface area (Å²) in [4.78, 5) is 12.2. The maximum absolute atomic E-state index is 12.2. The lowest BCUT2D eigenvalue weighted by molar-refractivity contribution is -0.112. The van der Waals surface area contributed by atoms with Crippen molar-refractivity contribution in [3.63, 3.8) is 0 Å². The minimum absolute atomic E-state index is 0.122. The summed E-state index contributed by atoms with van der Waals surface area (Å²) in [5, 5.41) is 16.0. The highest BCUT2D eigenvalue weighted by molar-refractivity contribution is 6.35. The van der Waals surface area contributed by atoms with Gasteiger partial charge in [0.25, 0.3) is 5.91 Å². The molecule has 0 unspecified atom stereocenters. The molecule has 0 saturated heterocycles. The minimum Gasteiger partial charge on any atom is -0.359 e. The highest BCUT2D eigenvalue weighted by atomic mass is 35.5. The molecule has 2 N–H and O–H groups in total. The van der Waals surface area contributed by atoms with Gasteiger partial charge in [-0.3, -0.25) is 4.79 Å². The van der Waals surface area contributed by atoms with Gasteiger partial charge in [-0.2, -0.15) is 5.26 Å². The molecule has 0 bridgehead atoms. The van der Waals surface area contributed by atoms with Crippen LogP contribution in [0.4, 0.5) is 11.4 Å². The van der Waals surface area contributed by atoms with E-state index in [1.807, 2.05) is 13.0 Å². The Labute approximate surface area is 154 Å². The number of nitrogens with one attached hydrogen (secondary N) is 2. The highest BCUT2D eigenvalue weighted by Gasteiger charge is 2.10. The van der Waals surface area contributed by atoms with E-state index in [-0.39, 0.29) is 5.57 Å². The second-order valence-electron chi connectivity index (χ2n) is 4.86. The number of halogens is 3. The first-order valence-electron chi connectivity index (χ1n) is 6.80. The maximum Gasteiger partial charge on any atom is 0.267 e. The van der Waals surface area contributed by atoms with Gasteiger partial charge < -0.3 is 10.6 Å². The lowest BCUT2D eigenvalue weighted by Crippen LogP contribution is -2.14. The molecule has 0 fully saturated rings. The summed E-state index contributed by atoms with van der Waals surface area (Å²) in [5.41, 5.74) is 1.76. The molecule has 0 aliphatic carbocycles. The molecule has 0 heterocycles. The van der Waals surface area contributed by atoms with E-state index in [0.29, 0.717) is 26.4 Å². The van der Waals surface area contributed by atoms with E-state index < -0.39 is 5.91 Å². The molecule has 0 atom stereocenters. The fourth-order valence-corrected chi connectivity index (χ4v) is 2.30. The summed E-state index contributed by atoms with van der Waals surface area (Å²) in [7, 11) is 0. The topological polar surface area (TPSA) is 64.9 Å². The van der Waals surface area contributed by atoms with E-state index in [1.165, 1.54) is 6.20 Å². The van der Waals surface area contributed by atoms with Crippen LogP contribution in [0.3, 0.4) is 0 Å².